The second kappa shape index (κ2) is 5.20. The van der Waals surface area contributed by atoms with Gasteiger partial charge in [0.15, 0.2) is 17.2 Å². The van der Waals surface area contributed by atoms with Gasteiger partial charge in [0.1, 0.15) is 0 Å². The third-order valence-corrected chi connectivity index (χ3v) is 3.14. The number of anilines is 1. The number of aromatic carboxylic acids is 1. The Morgan fingerprint density at radius 1 is 1.38 bits per heavy atom. The maximum atomic E-state index is 11.0. The molecule has 3 rings (SSSR count). The van der Waals surface area contributed by atoms with E-state index in [-0.39, 0.29) is 5.69 Å². The molecule has 0 amide bonds. The van der Waals surface area contributed by atoms with Gasteiger partial charge in [0.25, 0.3) is 0 Å². The van der Waals surface area contributed by atoms with Crippen LogP contribution >= 0.6 is 0 Å². The molecule has 0 aliphatic heterocycles. The van der Waals surface area contributed by atoms with E-state index in [1.807, 2.05) is 19.1 Å². The first kappa shape index (κ1) is 13.0. The van der Waals surface area contributed by atoms with Gasteiger partial charge in [0.2, 0.25) is 0 Å². The molecular formula is C14H13N5O2. The fraction of sp³-hybridized carbons (Fsp3) is 0.143. The Morgan fingerprint density at radius 2 is 2.24 bits per heavy atom. The molecule has 0 fully saturated rings. The number of hydrogen-bond acceptors (Lipinski definition) is 5. The summed E-state index contributed by atoms with van der Waals surface area (Å²) >= 11 is 0. The number of fused-ring (bicyclic) bond motifs is 1. The van der Waals surface area contributed by atoms with Crippen LogP contribution in [0.4, 0.5) is 5.82 Å². The summed E-state index contributed by atoms with van der Waals surface area (Å²) in [5.74, 6) is -0.541. The number of rotatable bonds is 4. The molecule has 0 bridgehead atoms. The van der Waals surface area contributed by atoms with Crippen molar-refractivity contribution < 1.29 is 9.90 Å². The van der Waals surface area contributed by atoms with Gasteiger partial charge in [-0.15, -0.1) is 0 Å². The number of pyridine rings is 1. The van der Waals surface area contributed by atoms with E-state index in [0.29, 0.717) is 18.0 Å². The second-order valence-corrected chi connectivity index (χ2v) is 4.56. The Kier molecular flexibility index (Phi) is 3.23. The van der Waals surface area contributed by atoms with Crippen LogP contribution in [0.5, 0.6) is 0 Å². The summed E-state index contributed by atoms with van der Waals surface area (Å²) in [5, 5.41) is 12.1. The molecule has 0 unspecified atom stereocenters. The van der Waals surface area contributed by atoms with Crippen LogP contribution in [-0.4, -0.2) is 30.4 Å². The van der Waals surface area contributed by atoms with Gasteiger partial charge in [-0.05, 0) is 18.6 Å². The molecule has 3 aromatic heterocycles. The molecule has 0 aliphatic carbocycles. The molecule has 0 spiro atoms. The Morgan fingerprint density at radius 3 is 3.00 bits per heavy atom. The van der Waals surface area contributed by atoms with E-state index >= 15 is 0 Å². The van der Waals surface area contributed by atoms with Crippen molar-refractivity contribution in [3.05, 3.63) is 53.9 Å². The average Bonchev–Trinajstić information content (AvgIpc) is 2.91. The molecule has 3 aromatic rings. The van der Waals surface area contributed by atoms with Crippen LogP contribution in [0.3, 0.4) is 0 Å². The quantitative estimate of drug-likeness (QED) is 0.757. The number of aryl methyl sites for hydroxylation is 1. The van der Waals surface area contributed by atoms with E-state index in [0.717, 1.165) is 11.3 Å². The van der Waals surface area contributed by atoms with Gasteiger partial charge in [0, 0.05) is 24.8 Å². The first-order chi connectivity index (χ1) is 10.1. The van der Waals surface area contributed by atoms with Gasteiger partial charge in [-0.1, -0.05) is 6.07 Å². The Labute approximate surface area is 120 Å². The SMILES string of the molecule is Cc1cccnc1CNc1nccn2cc(C(=O)O)nc12. The minimum Gasteiger partial charge on any atom is -0.476 e. The van der Waals surface area contributed by atoms with Gasteiger partial charge in [-0.2, -0.15) is 0 Å². The lowest BCUT2D eigenvalue weighted by Gasteiger charge is -2.07. The Hall–Kier alpha value is -2.96. The molecule has 0 atom stereocenters. The highest BCUT2D eigenvalue weighted by molar-refractivity contribution is 5.86. The van der Waals surface area contributed by atoms with Crippen molar-refractivity contribution in [2.75, 3.05) is 5.32 Å². The van der Waals surface area contributed by atoms with E-state index < -0.39 is 5.97 Å². The van der Waals surface area contributed by atoms with E-state index in [2.05, 4.69) is 20.3 Å². The van der Waals surface area contributed by atoms with Crippen molar-refractivity contribution in [3.63, 3.8) is 0 Å². The maximum Gasteiger partial charge on any atom is 0.356 e. The third kappa shape index (κ3) is 2.53. The summed E-state index contributed by atoms with van der Waals surface area (Å²) in [6, 6.07) is 3.86. The predicted molar refractivity (Wildman–Crippen MR) is 76.2 cm³/mol. The average molecular weight is 283 g/mol. The number of carboxylic acids is 1. The number of hydrogen-bond donors (Lipinski definition) is 2. The molecule has 7 nitrogen and oxygen atoms in total. The van der Waals surface area contributed by atoms with Gasteiger partial charge < -0.3 is 14.8 Å². The van der Waals surface area contributed by atoms with Gasteiger partial charge in [-0.3, -0.25) is 4.98 Å². The van der Waals surface area contributed by atoms with Gasteiger partial charge >= 0.3 is 5.97 Å². The monoisotopic (exact) mass is 283 g/mol. The topological polar surface area (TPSA) is 92.4 Å². The second-order valence-electron chi connectivity index (χ2n) is 4.56. The molecule has 0 aromatic carbocycles. The number of nitrogens with one attached hydrogen (secondary N) is 1. The van der Waals surface area contributed by atoms with E-state index in [1.165, 1.54) is 6.20 Å². The van der Waals surface area contributed by atoms with Crippen molar-refractivity contribution in [3.8, 4) is 0 Å². The molecule has 3 heterocycles. The molecule has 0 saturated carbocycles. The van der Waals surface area contributed by atoms with Crippen molar-refractivity contribution in [1.29, 1.82) is 0 Å². The largest absolute Gasteiger partial charge is 0.476 e. The van der Waals surface area contributed by atoms with Crippen molar-refractivity contribution in [2.24, 2.45) is 0 Å². The van der Waals surface area contributed by atoms with Crippen LogP contribution < -0.4 is 5.32 Å². The summed E-state index contributed by atoms with van der Waals surface area (Å²) in [7, 11) is 0. The fourth-order valence-electron chi connectivity index (χ4n) is 2.02. The van der Waals surface area contributed by atoms with E-state index in [4.69, 9.17) is 5.11 Å². The van der Waals surface area contributed by atoms with E-state index in [9.17, 15) is 4.79 Å². The first-order valence-corrected chi connectivity index (χ1v) is 6.36. The van der Waals surface area contributed by atoms with Gasteiger partial charge in [0.05, 0.1) is 12.2 Å². The number of carbonyl (C=O) groups is 1. The third-order valence-electron chi connectivity index (χ3n) is 3.14. The van der Waals surface area contributed by atoms with E-state index in [1.54, 1.807) is 23.0 Å². The first-order valence-electron chi connectivity index (χ1n) is 6.36. The van der Waals surface area contributed by atoms with Gasteiger partial charge in [-0.25, -0.2) is 14.8 Å². The lowest BCUT2D eigenvalue weighted by atomic mass is 10.2. The van der Waals surface area contributed by atoms with Crippen LogP contribution in [0.25, 0.3) is 5.65 Å². The standard InChI is InChI=1S/C14H13N5O2/c1-9-3-2-4-15-10(9)7-17-12-13-18-11(14(20)21)8-19(13)6-5-16-12/h2-6,8H,7H2,1H3,(H,16,17)(H,20,21). The summed E-state index contributed by atoms with van der Waals surface area (Å²) in [6.07, 6.45) is 6.44. The molecular weight excluding hydrogens is 270 g/mol. The normalized spacial score (nSPS) is 10.7. The zero-order valence-electron chi connectivity index (χ0n) is 11.3. The smallest absolute Gasteiger partial charge is 0.356 e. The highest BCUT2D eigenvalue weighted by atomic mass is 16.4. The van der Waals surface area contributed by atoms with Crippen molar-refractivity contribution in [2.45, 2.75) is 13.5 Å². The van der Waals surface area contributed by atoms with Crippen LogP contribution in [0.15, 0.2) is 36.9 Å². The summed E-state index contributed by atoms with van der Waals surface area (Å²) in [4.78, 5) is 23.5. The zero-order valence-corrected chi connectivity index (χ0v) is 11.3. The highest BCUT2D eigenvalue weighted by Crippen LogP contribution is 2.15. The number of nitrogens with zero attached hydrogens (tertiary/aromatic N) is 4. The number of carboxylic acid groups (broad SMARTS) is 1. The minimum atomic E-state index is -1.06. The molecule has 2 N–H and O–H groups in total. The Balaban J connectivity index is 1.90. The Bertz CT molecular complexity index is 812. The number of imidazole rings is 1. The predicted octanol–water partition coefficient (Wildman–Crippen LogP) is 1.74. The zero-order chi connectivity index (χ0) is 14.8. The lowest BCUT2D eigenvalue weighted by molar-refractivity contribution is 0.0691. The lowest BCUT2D eigenvalue weighted by Crippen LogP contribution is -2.06. The molecule has 21 heavy (non-hydrogen) atoms. The molecule has 7 heteroatoms. The van der Waals surface area contributed by atoms with Crippen LogP contribution in [0.1, 0.15) is 21.7 Å². The van der Waals surface area contributed by atoms with Crippen LogP contribution in [0.2, 0.25) is 0 Å². The summed E-state index contributed by atoms with van der Waals surface area (Å²) < 4.78 is 1.63. The van der Waals surface area contributed by atoms with Crippen molar-refractivity contribution >= 4 is 17.4 Å². The van der Waals surface area contributed by atoms with Crippen molar-refractivity contribution in [1.82, 2.24) is 19.4 Å². The number of aromatic nitrogens is 4. The molecule has 0 radical (unpaired) electrons. The maximum absolute atomic E-state index is 11.0. The molecule has 106 valence electrons. The van der Waals surface area contributed by atoms with Crippen LogP contribution in [-0.2, 0) is 6.54 Å². The summed E-state index contributed by atoms with van der Waals surface area (Å²) in [6.45, 7) is 2.48. The minimum absolute atomic E-state index is 0.0138. The van der Waals surface area contributed by atoms with Crippen LogP contribution in [0, 0.1) is 6.92 Å². The fourth-order valence-corrected chi connectivity index (χ4v) is 2.02. The molecule has 0 saturated heterocycles. The highest BCUT2D eigenvalue weighted by Gasteiger charge is 2.12. The molecule has 0 aliphatic rings. The summed E-state index contributed by atoms with van der Waals surface area (Å²) in [5.41, 5.74) is 2.45.